The Morgan fingerprint density at radius 1 is 1.29 bits per heavy atom. The molecule has 0 aliphatic carbocycles. The zero-order valence-electron chi connectivity index (χ0n) is 12.2. The van der Waals surface area contributed by atoms with Crippen LogP contribution >= 0.6 is 23.7 Å². The van der Waals surface area contributed by atoms with Gasteiger partial charge >= 0.3 is 0 Å². The molecule has 112 valence electrons. The van der Waals surface area contributed by atoms with Crippen LogP contribution in [0.15, 0.2) is 24.4 Å². The molecule has 0 saturated heterocycles. The van der Waals surface area contributed by atoms with Crippen molar-refractivity contribution in [3.05, 3.63) is 40.5 Å². The zero-order valence-corrected chi connectivity index (χ0v) is 13.8. The van der Waals surface area contributed by atoms with Crippen LogP contribution in [0.25, 0.3) is 16.2 Å². The summed E-state index contributed by atoms with van der Waals surface area (Å²) in [5.74, 6) is 0. The van der Waals surface area contributed by atoms with Gasteiger partial charge in [-0.3, -0.25) is 0 Å². The molecule has 4 nitrogen and oxygen atoms in total. The van der Waals surface area contributed by atoms with Crippen LogP contribution in [0, 0.1) is 13.8 Å². The Balaban J connectivity index is 0.00000161. The van der Waals surface area contributed by atoms with Crippen molar-refractivity contribution in [3.8, 4) is 11.3 Å². The van der Waals surface area contributed by atoms with Crippen molar-refractivity contribution in [2.24, 2.45) is 5.73 Å². The SMILES string of the molecule is Cc1ccc(-c2cn3nc(CCCN)sc3n2)c(C)c1.Cl. The van der Waals surface area contributed by atoms with Gasteiger partial charge in [-0.1, -0.05) is 35.1 Å². The molecule has 0 aliphatic heterocycles. The molecule has 0 bridgehead atoms. The Morgan fingerprint density at radius 3 is 2.76 bits per heavy atom. The number of nitrogens with zero attached hydrogens (tertiary/aromatic N) is 3. The van der Waals surface area contributed by atoms with Crippen molar-refractivity contribution in [2.75, 3.05) is 6.54 Å². The fourth-order valence-electron chi connectivity index (χ4n) is 2.33. The fourth-order valence-corrected chi connectivity index (χ4v) is 3.24. The molecule has 0 spiro atoms. The molecule has 21 heavy (non-hydrogen) atoms. The van der Waals surface area contributed by atoms with Gasteiger partial charge in [-0.05, 0) is 32.4 Å². The molecule has 6 heteroatoms. The van der Waals surface area contributed by atoms with Gasteiger partial charge in [0.25, 0.3) is 0 Å². The molecule has 0 fully saturated rings. The molecule has 0 saturated carbocycles. The maximum Gasteiger partial charge on any atom is 0.212 e. The summed E-state index contributed by atoms with van der Waals surface area (Å²) in [6.07, 6.45) is 3.92. The van der Waals surface area contributed by atoms with Crippen LogP contribution in [0.3, 0.4) is 0 Å². The van der Waals surface area contributed by atoms with E-state index < -0.39 is 0 Å². The number of aryl methyl sites for hydroxylation is 3. The van der Waals surface area contributed by atoms with Gasteiger partial charge in [0, 0.05) is 12.0 Å². The lowest BCUT2D eigenvalue weighted by Gasteiger charge is -2.03. The number of aromatic nitrogens is 3. The normalized spacial score (nSPS) is 10.8. The first kappa shape index (κ1) is 15.9. The zero-order chi connectivity index (χ0) is 14.1. The number of hydrogen-bond acceptors (Lipinski definition) is 4. The fraction of sp³-hybridized carbons (Fsp3) is 0.333. The van der Waals surface area contributed by atoms with Crippen LogP contribution in [0.4, 0.5) is 0 Å². The van der Waals surface area contributed by atoms with Crippen LogP contribution in [-0.2, 0) is 6.42 Å². The molecule has 0 radical (unpaired) electrons. The van der Waals surface area contributed by atoms with E-state index in [1.807, 2.05) is 10.7 Å². The minimum Gasteiger partial charge on any atom is -0.330 e. The van der Waals surface area contributed by atoms with Crippen LogP contribution in [-0.4, -0.2) is 21.1 Å². The van der Waals surface area contributed by atoms with E-state index in [-0.39, 0.29) is 12.4 Å². The minimum atomic E-state index is 0. The van der Waals surface area contributed by atoms with E-state index >= 15 is 0 Å². The van der Waals surface area contributed by atoms with Crippen molar-refractivity contribution in [2.45, 2.75) is 26.7 Å². The van der Waals surface area contributed by atoms with Crippen LogP contribution in [0.2, 0.25) is 0 Å². The smallest absolute Gasteiger partial charge is 0.212 e. The van der Waals surface area contributed by atoms with Gasteiger partial charge in [-0.2, -0.15) is 5.10 Å². The van der Waals surface area contributed by atoms with E-state index in [1.165, 1.54) is 16.7 Å². The number of nitrogens with two attached hydrogens (primary N) is 1. The topological polar surface area (TPSA) is 56.2 Å². The maximum absolute atomic E-state index is 5.53. The highest BCUT2D eigenvalue weighted by atomic mass is 35.5. The second-order valence-electron chi connectivity index (χ2n) is 5.06. The van der Waals surface area contributed by atoms with Crippen molar-refractivity contribution in [3.63, 3.8) is 0 Å². The number of imidazole rings is 1. The lowest BCUT2D eigenvalue weighted by Crippen LogP contribution is -2.00. The Labute approximate surface area is 134 Å². The van der Waals surface area contributed by atoms with Gasteiger partial charge < -0.3 is 5.73 Å². The third-order valence-corrected chi connectivity index (χ3v) is 4.32. The van der Waals surface area contributed by atoms with E-state index in [0.717, 1.165) is 28.5 Å². The van der Waals surface area contributed by atoms with Crippen LogP contribution in [0.5, 0.6) is 0 Å². The van der Waals surface area contributed by atoms with Gasteiger partial charge in [0.05, 0.1) is 11.9 Å². The monoisotopic (exact) mass is 322 g/mol. The molecular weight excluding hydrogens is 304 g/mol. The molecule has 2 aromatic heterocycles. The third-order valence-electron chi connectivity index (χ3n) is 3.34. The highest BCUT2D eigenvalue weighted by Gasteiger charge is 2.11. The van der Waals surface area contributed by atoms with Crippen molar-refractivity contribution in [1.82, 2.24) is 14.6 Å². The average molecular weight is 323 g/mol. The summed E-state index contributed by atoms with van der Waals surface area (Å²) in [5.41, 5.74) is 10.2. The van der Waals surface area contributed by atoms with Crippen LogP contribution < -0.4 is 5.73 Å². The van der Waals surface area contributed by atoms with E-state index in [0.29, 0.717) is 6.54 Å². The highest BCUT2D eigenvalue weighted by Crippen LogP contribution is 2.25. The summed E-state index contributed by atoms with van der Waals surface area (Å²) in [7, 11) is 0. The first-order chi connectivity index (χ1) is 9.67. The summed E-state index contributed by atoms with van der Waals surface area (Å²) in [6.45, 7) is 4.93. The summed E-state index contributed by atoms with van der Waals surface area (Å²) in [5, 5.41) is 5.66. The maximum atomic E-state index is 5.53. The Bertz CT molecular complexity index is 716. The molecule has 0 amide bonds. The number of halogens is 1. The third kappa shape index (κ3) is 3.26. The summed E-state index contributed by atoms with van der Waals surface area (Å²) < 4.78 is 1.88. The average Bonchev–Trinajstić information content (AvgIpc) is 2.94. The van der Waals surface area contributed by atoms with Gasteiger partial charge in [0.1, 0.15) is 5.01 Å². The molecule has 0 unspecified atom stereocenters. The molecule has 2 N–H and O–H groups in total. The number of fused-ring (bicyclic) bond motifs is 1. The minimum absolute atomic E-state index is 0. The highest BCUT2D eigenvalue weighted by molar-refractivity contribution is 7.16. The lowest BCUT2D eigenvalue weighted by atomic mass is 10.0. The molecular formula is C15H19ClN4S. The van der Waals surface area contributed by atoms with Gasteiger partial charge in [-0.15, -0.1) is 12.4 Å². The van der Waals surface area contributed by atoms with E-state index in [2.05, 4.69) is 42.1 Å². The number of benzene rings is 1. The Morgan fingerprint density at radius 2 is 2.10 bits per heavy atom. The largest absolute Gasteiger partial charge is 0.330 e. The lowest BCUT2D eigenvalue weighted by molar-refractivity contribution is 0.799. The molecule has 0 aliphatic rings. The first-order valence-corrected chi connectivity index (χ1v) is 7.62. The first-order valence-electron chi connectivity index (χ1n) is 6.80. The van der Waals surface area contributed by atoms with Gasteiger partial charge in [0.2, 0.25) is 4.96 Å². The van der Waals surface area contributed by atoms with Crippen LogP contribution in [0.1, 0.15) is 22.6 Å². The Kier molecular flexibility index (Phi) is 4.98. The predicted molar refractivity (Wildman–Crippen MR) is 90.4 cm³/mol. The molecule has 3 rings (SSSR count). The predicted octanol–water partition coefficient (Wildman–Crippen LogP) is 3.39. The van der Waals surface area contributed by atoms with Crippen molar-refractivity contribution >= 4 is 28.7 Å². The van der Waals surface area contributed by atoms with E-state index in [9.17, 15) is 0 Å². The Hall–Kier alpha value is -1.43. The van der Waals surface area contributed by atoms with Gasteiger partial charge in [0.15, 0.2) is 0 Å². The summed E-state index contributed by atoms with van der Waals surface area (Å²) >= 11 is 1.65. The standard InChI is InChI=1S/C15H18N4S.ClH/c1-10-5-6-12(11(2)8-10)13-9-19-15(17-13)20-14(18-19)4-3-7-16;/h5-6,8-9H,3-4,7,16H2,1-2H3;1H. The summed E-state index contributed by atoms with van der Waals surface area (Å²) in [6, 6.07) is 6.44. The molecule has 1 aromatic carbocycles. The number of hydrogen-bond donors (Lipinski definition) is 1. The second kappa shape index (κ2) is 6.56. The second-order valence-corrected chi connectivity index (χ2v) is 6.10. The van der Waals surface area contributed by atoms with Gasteiger partial charge in [-0.25, -0.2) is 9.50 Å². The quantitative estimate of drug-likeness (QED) is 0.801. The van der Waals surface area contributed by atoms with Crippen molar-refractivity contribution < 1.29 is 0 Å². The number of rotatable bonds is 4. The van der Waals surface area contributed by atoms with E-state index in [1.54, 1.807) is 11.3 Å². The molecule has 0 atom stereocenters. The summed E-state index contributed by atoms with van der Waals surface area (Å²) in [4.78, 5) is 5.64. The molecule has 3 aromatic rings. The van der Waals surface area contributed by atoms with Crippen molar-refractivity contribution in [1.29, 1.82) is 0 Å². The van der Waals surface area contributed by atoms with E-state index in [4.69, 9.17) is 5.73 Å². The molecule has 2 heterocycles.